The molecule has 1 unspecified atom stereocenters. The predicted molar refractivity (Wildman–Crippen MR) is 108 cm³/mol. The van der Waals surface area contributed by atoms with Gasteiger partial charge in [-0.3, -0.25) is 14.5 Å². The summed E-state index contributed by atoms with van der Waals surface area (Å²) in [5.41, 5.74) is 1.29. The highest BCUT2D eigenvalue weighted by Gasteiger charge is 2.12. The summed E-state index contributed by atoms with van der Waals surface area (Å²) < 4.78 is 2.42. The van der Waals surface area contributed by atoms with E-state index in [2.05, 4.69) is 27.6 Å². The van der Waals surface area contributed by atoms with Gasteiger partial charge in [-0.05, 0) is 49.0 Å². The molecule has 3 rings (SSSR count). The lowest BCUT2D eigenvalue weighted by molar-refractivity contribution is -0.121. The van der Waals surface area contributed by atoms with Crippen molar-refractivity contribution in [3.8, 4) is 10.7 Å². The van der Waals surface area contributed by atoms with Crippen LogP contribution in [-0.4, -0.2) is 26.7 Å². The lowest BCUT2D eigenvalue weighted by Gasteiger charge is -2.14. The molecule has 0 fully saturated rings. The van der Waals surface area contributed by atoms with Crippen molar-refractivity contribution in [3.05, 3.63) is 58.2 Å². The number of benzene rings is 1. The van der Waals surface area contributed by atoms with Crippen LogP contribution in [0.2, 0.25) is 0 Å². The number of carbonyl (C=O) groups excluding carboxylic acids is 1. The van der Waals surface area contributed by atoms with E-state index in [0.717, 1.165) is 23.5 Å². The van der Waals surface area contributed by atoms with Crippen LogP contribution < -0.4 is 5.32 Å². The summed E-state index contributed by atoms with van der Waals surface area (Å²) in [7, 11) is 0. The molecule has 0 aliphatic carbocycles. The van der Waals surface area contributed by atoms with E-state index in [1.807, 2.05) is 47.2 Å². The highest BCUT2D eigenvalue weighted by atomic mass is 32.1. The van der Waals surface area contributed by atoms with E-state index in [0.29, 0.717) is 17.7 Å². The van der Waals surface area contributed by atoms with Gasteiger partial charge in [-0.1, -0.05) is 36.4 Å². The van der Waals surface area contributed by atoms with E-state index < -0.39 is 0 Å². The average Bonchev–Trinajstić information content (AvgIpc) is 3.29. The molecule has 0 aliphatic heterocycles. The molecule has 3 aromatic rings. The number of aryl methyl sites for hydroxylation is 1. The Morgan fingerprint density at radius 2 is 2.12 bits per heavy atom. The van der Waals surface area contributed by atoms with Crippen molar-refractivity contribution < 1.29 is 4.79 Å². The Balaban J connectivity index is 1.50. The predicted octanol–water partition coefficient (Wildman–Crippen LogP) is 4.20. The van der Waals surface area contributed by atoms with Gasteiger partial charge in [0.25, 0.3) is 0 Å². The highest BCUT2D eigenvalue weighted by Crippen LogP contribution is 2.22. The fourth-order valence-electron chi connectivity index (χ4n) is 2.78. The summed E-state index contributed by atoms with van der Waals surface area (Å²) in [4.78, 5) is 13.3. The van der Waals surface area contributed by atoms with Crippen LogP contribution in [-0.2, 0) is 17.8 Å². The number of aromatic nitrogens is 3. The third-order valence-electron chi connectivity index (χ3n) is 4.18. The van der Waals surface area contributed by atoms with Crippen molar-refractivity contribution in [1.82, 2.24) is 20.1 Å². The second-order valence-corrected chi connectivity index (χ2v) is 7.56. The molecule has 136 valence electrons. The van der Waals surface area contributed by atoms with Crippen molar-refractivity contribution in [2.75, 3.05) is 0 Å². The van der Waals surface area contributed by atoms with Crippen LogP contribution >= 0.6 is 23.6 Å². The standard InChI is InChI=1S/C19H22N4OS2/c1-14(9-10-15-6-3-2-4-7-15)20-17(24)11-12-23-18(21-22-19(23)25)16-8-5-13-26-16/h2-8,13-14H,9-12H2,1H3,(H,20,24)(H,22,25). The number of rotatable bonds is 8. The van der Waals surface area contributed by atoms with E-state index in [1.165, 1.54) is 5.56 Å². The average molecular weight is 387 g/mol. The van der Waals surface area contributed by atoms with E-state index in [4.69, 9.17) is 12.2 Å². The Bertz CT molecular complexity index is 884. The molecule has 7 heteroatoms. The number of aromatic amines is 1. The number of carbonyl (C=O) groups is 1. The topological polar surface area (TPSA) is 62.7 Å². The number of nitrogens with one attached hydrogen (secondary N) is 2. The van der Waals surface area contributed by atoms with Gasteiger partial charge in [-0.15, -0.1) is 11.3 Å². The number of amides is 1. The smallest absolute Gasteiger partial charge is 0.222 e. The van der Waals surface area contributed by atoms with Crippen LogP contribution in [0.5, 0.6) is 0 Å². The third kappa shape index (κ3) is 4.89. The maximum absolute atomic E-state index is 12.3. The summed E-state index contributed by atoms with van der Waals surface area (Å²) in [5, 5.41) is 12.2. The molecule has 1 atom stereocenters. The van der Waals surface area contributed by atoms with Crippen LogP contribution in [0, 0.1) is 4.77 Å². The molecule has 5 nitrogen and oxygen atoms in total. The summed E-state index contributed by atoms with van der Waals surface area (Å²) in [6.07, 6.45) is 2.25. The largest absolute Gasteiger partial charge is 0.354 e. The van der Waals surface area contributed by atoms with Crippen molar-refractivity contribution in [2.45, 2.75) is 38.8 Å². The molecule has 0 saturated heterocycles. The first-order valence-corrected chi connectivity index (χ1v) is 9.94. The van der Waals surface area contributed by atoms with Crippen LogP contribution in [0.1, 0.15) is 25.3 Å². The van der Waals surface area contributed by atoms with Gasteiger partial charge in [0.05, 0.1) is 4.88 Å². The molecule has 2 N–H and O–H groups in total. The van der Waals surface area contributed by atoms with E-state index in [-0.39, 0.29) is 11.9 Å². The molecule has 1 amide bonds. The Morgan fingerprint density at radius 3 is 2.85 bits per heavy atom. The first-order valence-electron chi connectivity index (χ1n) is 8.66. The maximum atomic E-state index is 12.3. The Kier molecular flexibility index (Phi) is 6.35. The first-order chi connectivity index (χ1) is 12.6. The fraction of sp³-hybridized carbons (Fsp3) is 0.316. The monoisotopic (exact) mass is 386 g/mol. The van der Waals surface area contributed by atoms with Crippen molar-refractivity contribution in [1.29, 1.82) is 0 Å². The second-order valence-electron chi connectivity index (χ2n) is 6.22. The third-order valence-corrected chi connectivity index (χ3v) is 5.36. The van der Waals surface area contributed by atoms with Crippen LogP contribution in [0.15, 0.2) is 47.8 Å². The minimum Gasteiger partial charge on any atom is -0.354 e. The molecule has 2 aromatic heterocycles. The number of thiophene rings is 1. The lowest BCUT2D eigenvalue weighted by Crippen LogP contribution is -2.33. The first kappa shape index (κ1) is 18.5. The normalized spacial score (nSPS) is 12.0. The molecule has 26 heavy (non-hydrogen) atoms. The molecule has 0 saturated carbocycles. The minimum atomic E-state index is 0.0331. The van der Waals surface area contributed by atoms with Gasteiger partial charge in [0.2, 0.25) is 5.91 Å². The number of H-pyrrole nitrogens is 1. The SMILES string of the molecule is CC(CCc1ccccc1)NC(=O)CCn1c(-c2cccs2)n[nH]c1=S. The van der Waals surface area contributed by atoms with E-state index >= 15 is 0 Å². The van der Waals surface area contributed by atoms with Gasteiger partial charge in [-0.25, -0.2) is 0 Å². The highest BCUT2D eigenvalue weighted by molar-refractivity contribution is 7.71. The molecular formula is C19H22N4OS2. The number of nitrogens with zero attached hydrogens (tertiary/aromatic N) is 2. The number of hydrogen-bond acceptors (Lipinski definition) is 4. The van der Waals surface area contributed by atoms with Crippen LogP contribution in [0.4, 0.5) is 0 Å². The molecule has 2 heterocycles. The van der Waals surface area contributed by atoms with Gasteiger partial charge < -0.3 is 5.32 Å². The molecule has 0 bridgehead atoms. The van der Waals surface area contributed by atoms with Crippen molar-refractivity contribution in [2.24, 2.45) is 0 Å². The maximum Gasteiger partial charge on any atom is 0.222 e. The van der Waals surface area contributed by atoms with Gasteiger partial charge >= 0.3 is 0 Å². The summed E-state index contributed by atoms with van der Waals surface area (Å²) in [6.45, 7) is 2.56. The van der Waals surface area contributed by atoms with Gasteiger partial charge in [0.15, 0.2) is 10.6 Å². The Morgan fingerprint density at radius 1 is 1.31 bits per heavy atom. The molecule has 0 radical (unpaired) electrons. The zero-order chi connectivity index (χ0) is 18.4. The van der Waals surface area contributed by atoms with Crippen LogP contribution in [0.25, 0.3) is 10.7 Å². The zero-order valence-corrected chi connectivity index (χ0v) is 16.3. The Hall–Kier alpha value is -2.25. The second kappa shape index (κ2) is 8.91. The van der Waals surface area contributed by atoms with Crippen molar-refractivity contribution >= 4 is 29.5 Å². The van der Waals surface area contributed by atoms with E-state index in [9.17, 15) is 4.79 Å². The minimum absolute atomic E-state index is 0.0331. The summed E-state index contributed by atoms with van der Waals surface area (Å²) >= 11 is 6.90. The zero-order valence-electron chi connectivity index (χ0n) is 14.6. The fourth-order valence-corrected chi connectivity index (χ4v) is 3.72. The Labute approximate surface area is 162 Å². The van der Waals surface area contributed by atoms with Gasteiger partial charge in [0.1, 0.15) is 0 Å². The summed E-state index contributed by atoms with van der Waals surface area (Å²) in [6, 6.07) is 14.4. The van der Waals surface area contributed by atoms with Crippen LogP contribution in [0.3, 0.4) is 0 Å². The molecule has 0 spiro atoms. The van der Waals surface area contributed by atoms with E-state index in [1.54, 1.807) is 11.3 Å². The lowest BCUT2D eigenvalue weighted by atomic mass is 10.1. The van der Waals surface area contributed by atoms with Crippen molar-refractivity contribution in [3.63, 3.8) is 0 Å². The van der Waals surface area contributed by atoms with Gasteiger partial charge in [-0.2, -0.15) is 5.10 Å². The quantitative estimate of drug-likeness (QED) is 0.571. The number of hydrogen-bond donors (Lipinski definition) is 2. The molecular weight excluding hydrogens is 364 g/mol. The molecule has 0 aliphatic rings. The summed E-state index contributed by atoms with van der Waals surface area (Å²) in [5.74, 6) is 0.820. The van der Waals surface area contributed by atoms with Gasteiger partial charge in [0, 0.05) is 19.0 Å². The molecule has 1 aromatic carbocycles.